The molecule has 1 aromatic heterocycles. The number of nitrogens with two attached hydrogens (primary N) is 1. The fourth-order valence-electron chi connectivity index (χ4n) is 3.51. The summed E-state index contributed by atoms with van der Waals surface area (Å²) in [4.78, 5) is 5.09. The van der Waals surface area contributed by atoms with Crippen molar-refractivity contribution in [3.8, 4) is 0 Å². The van der Waals surface area contributed by atoms with Gasteiger partial charge >= 0.3 is 0 Å². The number of rotatable bonds is 6. The molecule has 5 nitrogen and oxygen atoms in total. The molecule has 0 amide bonds. The van der Waals surface area contributed by atoms with Gasteiger partial charge in [-0.2, -0.15) is 5.10 Å². The molecule has 2 unspecified atom stereocenters. The third kappa shape index (κ3) is 3.05. The molecular weight excluding hydrogens is 250 g/mol. The lowest BCUT2D eigenvalue weighted by atomic mass is 10.1. The summed E-state index contributed by atoms with van der Waals surface area (Å²) >= 11 is 0. The predicted molar refractivity (Wildman–Crippen MR) is 82.6 cm³/mol. The topological polar surface area (TPSA) is 50.3 Å². The van der Waals surface area contributed by atoms with Crippen LogP contribution in [0.25, 0.3) is 0 Å². The van der Waals surface area contributed by atoms with Crippen molar-refractivity contribution in [3.05, 3.63) is 17.5 Å². The van der Waals surface area contributed by atoms with Crippen molar-refractivity contribution in [2.24, 2.45) is 12.8 Å². The lowest BCUT2D eigenvalue weighted by molar-refractivity contribution is 0.189. The first kappa shape index (κ1) is 15.5. The zero-order chi connectivity index (χ0) is 14.7. The Morgan fingerprint density at radius 2 is 2.15 bits per heavy atom. The first-order valence-electron chi connectivity index (χ1n) is 7.78. The van der Waals surface area contributed by atoms with Gasteiger partial charge in [-0.1, -0.05) is 13.8 Å². The van der Waals surface area contributed by atoms with Gasteiger partial charge in [0.25, 0.3) is 0 Å². The Bertz CT molecular complexity index is 424. The molecule has 1 saturated heterocycles. The van der Waals surface area contributed by atoms with Crippen LogP contribution in [0.5, 0.6) is 0 Å². The molecule has 20 heavy (non-hydrogen) atoms. The van der Waals surface area contributed by atoms with E-state index in [-0.39, 0.29) is 0 Å². The summed E-state index contributed by atoms with van der Waals surface area (Å²) in [7, 11) is 1.98. The third-order valence-electron chi connectivity index (χ3n) is 4.60. The van der Waals surface area contributed by atoms with Gasteiger partial charge in [0.05, 0.1) is 11.7 Å². The van der Waals surface area contributed by atoms with Gasteiger partial charge in [0.2, 0.25) is 0 Å². The lowest BCUT2D eigenvalue weighted by Crippen LogP contribution is -2.39. The minimum atomic E-state index is 0.310. The quantitative estimate of drug-likeness (QED) is 0.848. The van der Waals surface area contributed by atoms with Crippen LogP contribution in [-0.2, 0) is 7.05 Å². The molecule has 2 atom stereocenters. The number of nitrogens with zero attached hydrogens (tertiary/aromatic N) is 4. The van der Waals surface area contributed by atoms with E-state index in [0.717, 1.165) is 31.9 Å². The highest BCUT2D eigenvalue weighted by Gasteiger charge is 2.32. The summed E-state index contributed by atoms with van der Waals surface area (Å²) in [5.74, 6) is 0. The SMILES string of the molecule is CCN(CC)C1CCN(C(CN)c2cn(C)nc2C)C1. The van der Waals surface area contributed by atoms with Crippen LogP contribution in [0.1, 0.15) is 37.6 Å². The molecule has 2 N–H and O–H groups in total. The summed E-state index contributed by atoms with van der Waals surface area (Å²) in [5, 5.41) is 4.46. The molecular formula is C15H29N5. The van der Waals surface area contributed by atoms with E-state index in [4.69, 9.17) is 5.73 Å². The van der Waals surface area contributed by atoms with Crippen LogP contribution >= 0.6 is 0 Å². The molecule has 0 saturated carbocycles. The Labute approximate surface area is 122 Å². The zero-order valence-corrected chi connectivity index (χ0v) is 13.3. The van der Waals surface area contributed by atoms with Crippen molar-refractivity contribution < 1.29 is 0 Å². The van der Waals surface area contributed by atoms with Gasteiger partial charge in [-0.3, -0.25) is 14.5 Å². The fourth-order valence-corrected chi connectivity index (χ4v) is 3.51. The Hall–Kier alpha value is -0.910. The van der Waals surface area contributed by atoms with Gasteiger partial charge in [-0.25, -0.2) is 0 Å². The van der Waals surface area contributed by atoms with Crippen LogP contribution in [0.15, 0.2) is 6.20 Å². The van der Waals surface area contributed by atoms with Crippen LogP contribution in [0.4, 0.5) is 0 Å². The maximum absolute atomic E-state index is 6.06. The molecule has 0 aliphatic carbocycles. The molecule has 1 aromatic rings. The molecule has 5 heteroatoms. The van der Waals surface area contributed by atoms with E-state index in [1.54, 1.807) is 0 Å². The normalized spacial score (nSPS) is 21.8. The molecule has 2 heterocycles. The summed E-state index contributed by atoms with van der Waals surface area (Å²) in [6.45, 7) is 11.8. The van der Waals surface area contributed by atoms with Crippen LogP contribution < -0.4 is 5.73 Å². The van der Waals surface area contributed by atoms with E-state index in [2.05, 4.69) is 41.9 Å². The second-order valence-electron chi connectivity index (χ2n) is 5.75. The van der Waals surface area contributed by atoms with Gasteiger partial charge in [0, 0.05) is 44.5 Å². The molecule has 114 valence electrons. The average Bonchev–Trinajstić information content (AvgIpc) is 3.01. The summed E-state index contributed by atoms with van der Waals surface area (Å²) in [6, 6.07) is 0.986. The first-order chi connectivity index (χ1) is 9.60. The number of aromatic nitrogens is 2. The minimum absolute atomic E-state index is 0.310. The fraction of sp³-hybridized carbons (Fsp3) is 0.800. The van der Waals surface area contributed by atoms with Crippen molar-refractivity contribution in [1.29, 1.82) is 0 Å². The zero-order valence-electron chi connectivity index (χ0n) is 13.3. The maximum Gasteiger partial charge on any atom is 0.0641 e. The second-order valence-corrected chi connectivity index (χ2v) is 5.75. The summed E-state index contributed by atoms with van der Waals surface area (Å²) in [5.41, 5.74) is 8.45. The standard InChI is InChI=1S/C15H29N5/c1-5-19(6-2)13-7-8-20(10-13)15(9-16)14-11-18(4)17-12(14)3/h11,13,15H,5-10,16H2,1-4H3. The maximum atomic E-state index is 6.06. The average molecular weight is 279 g/mol. The van der Waals surface area contributed by atoms with Crippen LogP contribution in [0, 0.1) is 6.92 Å². The number of hydrogen-bond acceptors (Lipinski definition) is 4. The van der Waals surface area contributed by atoms with E-state index < -0.39 is 0 Å². The lowest BCUT2D eigenvalue weighted by Gasteiger charge is -2.29. The smallest absolute Gasteiger partial charge is 0.0641 e. The predicted octanol–water partition coefficient (Wildman–Crippen LogP) is 1.14. The van der Waals surface area contributed by atoms with Crippen molar-refractivity contribution in [2.45, 2.75) is 39.3 Å². The molecule has 1 aliphatic rings. The molecule has 0 bridgehead atoms. The molecule has 0 spiro atoms. The van der Waals surface area contributed by atoms with Crippen LogP contribution in [0.2, 0.25) is 0 Å². The third-order valence-corrected chi connectivity index (χ3v) is 4.60. The van der Waals surface area contributed by atoms with Gasteiger partial charge in [-0.05, 0) is 26.4 Å². The van der Waals surface area contributed by atoms with Gasteiger partial charge in [0.15, 0.2) is 0 Å². The number of hydrogen-bond donors (Lipinski definition) is 1. The first-order valence-corrected chi connectivity index (χ1v) is 7.78. The highest BCUT2D eigenvalue weighted by atomic mass is 15.3. The largest absolute Gasteiger partial charge is 0.329 e. The van der Waals surface area contributed by atoms with Gasteiger partial charge in [-0.15, -0.1) is 0 Å². The molecule has 0 radical (unpaired) electrons. The van der Waals surface area contributed by atoms with Crippen molar-refractivity contribution in [2.75, 3.05) is 32.7 Å². The molecule has 0 aromatic carbocycles. The van der Waals surface area contributed by atoms with E-state index in [0.29, 0.717) is 18.6 Å². The number of likely N-dealkylation sites (tertiary alicyclic amines) is 1. The van der Waals surface area contributed by atoms with Crippen LogP contribution in [-0.4, -0.2) is 58.3 Å². The Morgan fingerprint density at radius 1 is 1.45 bits per heavy atom. The van der Waals surface area contributed by atoms with E-state index in [9.17, 15) is 0 Å². The van der Waals surface area contributed by atoms with Crippen LogP contribution in [0.3, 0.4) is 0 Å². The Morgan fingerprint density at radius 3 is 2.65 bits per heavy atom. The van der Waals surface area contributed by atoms with Gasteiger partial charge < -0.3 is 5.73 Å². The molecule has 1 aliphatic heterocycles. The molecule has 2 rings (SSSR count). The molecule has 1 fully saturated rings. The highest BCUT2D eigenvalue weighted by Crippen LogP contribution is 2.27. The van der Waals surface area contributed by atoms with E-state index in [1.165, 1.54) is 12.0 Å². The number of aryl methyl sites for hydroxylation is 2. The van der Waals surface area contributed by atoms with Crippen molar-refractivity contribution >= 4 is 0 Å². The summed E-state index contributed by atoms with van der Waals surface area (Å²) < 4.78 is 1.89. The minimum Gasteiger partial charge on any atom is -0.329 e. The van der Waals surface area contributed by atoms with E-state index >= 15 is 0 Å². The van der Waals surface area contributed by atoms with E-state index in [1.807, 2.05) is 11.7 Å². The highest BCUT2D eigenvalue weighted by molar-refractivity contribution is 5.21. The Balaban J connectivity index is 2.08. The van der Waals surface area contributed by atoms with Gasteiger partial charge in [0.1, 0.15) is 0 Å². The van der Waals surface area contributed by atoms with Crippen molar-refractivity contribution in [1.82, 2.24) is 19.6 Å². The van der Waals surface area contributed by atoms with Crippen molar-refractivity contribution in [3.63, 3.8) is 0 Å². The second kappa shape index (κ2) is 6.70. The number of likely N-dealkylation sites (N-methyl/N-ethyl adjacent to an activating group) is 1. The monoisotopic (exact) mass is 279 g/mol. The Kier molecular flexibility index (Phi) is 5.18. The summed E-state index contributed by atoms with van der Waals surface area (Å²) in [6.07, 6.45) is 3.37.